The van der Waals surface area contributed by atoms with E-state index in [1.165, 1.54) is 15.9 Å². The molecule has 0 aromatic heterocycles. The zero-order valence-electron chi connectivity index (χ0n) is 16.9. The molecule has 1 heterocycles. The summed E-state index contributed by atoms with van der Waals surface area (Å²) >= 11 is 12.0. The van der Waals surface area contributed by atoms with Crippen molar-refractivity contribution in [1.29, 1.82) is 0 Å². The molecule has 0 saturated carbocycles. The van der Waals surface area contributed by atoms with Gasteiger partial charge in [0, 0.05) is 17.8 Å². The molecule has 6 nitrogen and oxygen atoms in total. The van der Waals surface area contributed by atoms with Crippen LogP contribution in [0.4, 0.5) is 5.69 Å². The van der Waals surface area contributed by atoms with Crippen molar-refractivity contribution in [2.45, 2.75) is 20.3 Å². The van der Waals surface area contributed by atoms with Crippen LogP contribution in [0.5, 0.6) is 0 Å². The summed E-state index contributed by atoms with van der Waals surface area (Å²) < 4.78 is 0. The number of amides is 3. The third kappa shape index (κ3) is 4.94. The Morgan fingerprint density at radius 1 is 1.10 bits per heavy atom. The summed E-state index contributed by atoms with van der Waals surface area (Å²) in [4.78, 5) is 42.8. The molecule has 2 aromatic rings. The fourth-order valence-electron chi connectivity index (χ4n) is 3.33. The van der Waals surface area contributed by atoms with Crippen LogP contribution in [0.25, 0.3) is 0 Å². The first-order chi connectivity index (χ1) is 14.3. The summed E-state index contributed by atoms with van der Waals surface area (Å²) in [5.74, 6) is -0.725. The lowest BCUT2D eigenvalue weighted by Crippen LogP contribution is -2.43. The van der Waals surface area contributed by atoms with E-state index in [4.69, 9.17) is 23.2 Å². The maximum absolute atomic E-state index is 12.9. The monoisotopic (exact) mass is 447 g/mol. The lowest BCUT2D eigenvalue weighted by Gasteiger charge is -2.25. The second-order valence-electron chi connectivity index (χ2n) is 7.25. The van der Waals surface area contributed by atoms with E-state index in [0.717, 1.165) is 11.3 Å². The maximum Gasteiger partial charge on any atom is 0.254 e. The summed E-state index contributed by atoms with van der Waals surface area (Å²) in [5, 5.41) is 0.641. The Hall–Kier alpha value is -2.57. The van der Waals surface area contributed by atoms with Crippen molar-refractivity contribution in [3.8, 4) is 0 Å². The number of rotatable bonds is 6. The molecule has 1 fully saturated rings. The lowest BCUT2D eigenvalue weighted by atomic mass is 10.2. The Morgan fingerprint density at radius 2 is 1.87 bits per heavy atom. The van der Waals surface area contributed by atoms with Crippen LogP contribution in [0, 0.1) is 6.92 Å². The van der Waals surface area contributed by atoms with Gasteiger partial charge in [-0.05, 0) is 49.2 Å². The molecule has 0 radical (unpaired) electrons. The first kappa shape index (κ1) is 22.1. The molecule has 1 aliphatic rings. The molecule has 0 atom stereocenters. The number of aryl methyl sites for hydroxylation is 1. The fraction of sp³-hybridized carbons (Fsp3) is 0.318. The Bertz CT molecular complexity index is 980. The third-order valence-corrected chi connectivity index (χ3v) is 5.62. The van der Waals surface area contributed by atoms with E-state index in [0.29, 0.717) is 23.6 Å². The number of halogens is 2. The van der Waals surface area contributed by atoms with Gasteiger partial charge < -0.3 is 9.80 Å². The van der Waals surface area contributed by atoms with Crippen molar-refractivity contribution in [1.82, 2.24) is 9.80 Å². The highest BCUT2D eigenvalue weighted by atomic mass is 35.5. The van der Waals surface area contributed by atoms with Gasteiger partial charge in [0.05, 0.1) is 10.0 Å². The van der Waals surface area contributed by atoms with Crippen LogP contribution in [0.3, 0.4) is 0 Å². The van der Waals surface area contributed by atoms with Crippen molar-refractivity contribution in [2.75, 3.05) is 31.2 Å². The number of benzene rings is 2. The molecule has 0 bridgehead atoms. The fourth-order valence-corrected chi connectivity index (χ4v) is 3.63. The first-order valence-corrected chi connectivity index (χ1v) is 10.4. The molecule has 2 aromatic carbocycles. The molecular formula is C22H23Cl2N3O3. The number of anilines is 1. The van der Waals surface area contributed by atoms with Crippen LogP contribution in [0.15, 0.2) is 42.5 Å². The van der Waals surface area contributed by atoms with E-state index in [-0.39, 0.29) is 42.5 Å². The van der Waals surface area contributed by atoms with Crippen molar-refractivity contribution in [3.63, 3.8) is 0 Å². The van der Waals surface area contributed by atoms with E-state index in [9.17, 15) is 14.4 Å². The van der Waals surface area contributed by atoms with Crippen molar-refractivity contribution in [3.05, 3.63) is 63.6 Å². The molecule has 0 spiro atoms. The number of hydrogen-bond donors (Lipinski definition) is 0. The molecule has 158 valence electrons. The van der Waals surface area contributed by atoms with Gasteiger partial charge in [-0.25, -0.2) is 0 Å². The molecule has 1 saturated heterocycles. The summed E-state index contributed by atoms with van der Waals surface area (Å²) in [6, 6.07) is 12.2. The largest absolute Gasteiger partial charge is 0.329 e. The summed E-state index contributed by atoms with van der Waals surface area (Å²) in [6.45, 7) is 4.34. The van der Waals surface area contributed by atoms with Gasteiger partial charge in [-0.3, -0.25) is 19.3 Å². The molecule has 3 amide bonds. The second-order valence-corrected chi connectivity index (χ2v) is 8.06. The first-order valence-electron chi connectivity index (χ1n) is 9.69. The topological polar surface area (TPSA) is 60.9 Å². The minimum absolute atomic E-state index is 0.00625. The third-order valence-electron chi connectivity index (χ3n) is 4.88. The number of nitrogens with zero attached hydrogens (tertiary/aromatic N) is 3. The summed E-state index contributed by atoms with van der Waals surface area (Å²) in [5.41, 5.74) is 2.16. The highest BCUT2D eigenvalue weighted by Gasteiger charge is 2.33. The number of carbonyl (C=O) groups excluding carboxylic acids is 3. The Morgan fingerprint density at radius 3 is 2.53 bits per heavy atom. The Labute approximate surface area is 186 Å². The molecule has 0 N–H and O–H groups in total. The van der Waals surface area contributed by atoms with Crippen molar-refractivity contribution >= 4 is 46.6 Å². The summed E-state index contributed by atoms with van der Waals surface area (Å²) in [6.07, 6.45) is 0.689. The maximum atomic E-state index is 12.9. The average Bonchev–Trinajstić information content (AvgIpc) is 3.11. The van der Waals surface area contributed by atoms with Gasteiger partial charge in [-0.2, -0.15) is 0 Å². The van der Waals surface area contributed by atoms with Gasteiger partial charge in [-0.15, -0.1) is 0 Å². The van der Waals surface area contributed by atoms with E-state index in [2.05, 4.69) is 0 Å². The second kappa shape index (κ2) is 9.49. The van der Waals surface area contributed by atoms with Gasteiger partial charge in [0.25, 0.3) is 5.91 Å². The standard InChI is InChI=1S/C22H23Cl2N3O3/c1-3-9-25(22(30)16-7-8-18(23)19(24)11-16)12-20(28)26-13-21(29)27(14-26)17-6-4-5-15(2)10-17/h4-8,10-11H,3,9,12-14H2,1-2H3. The molecule has 30 heavy (non-hydrogen) atoms. The average molecular weight is 448 g/mol. The van der Waals surface area contributed by atoms with Gasteiger partial charge >= 0.3 is 0 Å². The Balaban J connectivity index is 1.71. The smallest absolute Gasteiger partial charge is 0.254 e. The van der Waals surface area contributed by atoms with Crippen molar-refractivity contribution in [2.24, 2.45) is 0 Å². The Kier molecular flexibility index (Phi) is 7.00. The zero-order chi connectivity index (χ0) is 21.8. The highest BCUT2D eigenvalue weighted by Crippen LogP contribution is 2.24. The molecule has 3 rings (SSSR count). The van der Waals surface area contributed by atoms with Crippen molar-refractivity contribution < 1.29 is 14.4 Å². The predicted molar refractivity (Wildman–Crippen MR) is 118 cm³/mol. The van der Waals surface area contributed by atoms with Gasteiger partial charge in [0.2, 0.25) is 11.8 Å². The molecular weight excluding hydrogens is 425 g/mol. The normalized spacial score (nSPS) is 13.7. The van der Waals surface area contributed by atoms with E-state index in [1.54, 1.807) is 17.0 Å². The minimum Gasteiger partial charge on any atom is -0.329 e. The summed E-state index contributed by atoms with van der Waals surface area (Å²) in [7, 11) is 0. The van der Waals surface area contributed by atoms with Crippen LogP contribution in [0.2, 0.25) is 10.0 Å². The van der Waals surface area contributed by atoms with Crippen LogP contribution < -0.4 is 4.90 Å². The quantitative estimate of drug-likeness (QED) is 0.672. The number of carbonyl (C=O) groups is 3. The molecule has 0 unspecified atom stereocenters. The zero-order valence-corrected chi connectivity index (χ0v) is 18.4. The van der Waals surface area contributed by atoms with Gasteiger partial charge in [0.15, 0.2) is 0 Å². The lowest BCUT2D eigenvalue weighted by molar-refractivity contribution is -0.132. The minimum atomic E-state index is -0.301. The number of hydrogen-bond acceptors (Lipinski definition) is 3. The van der Waals surface area contributed by atoms with E-state index < -0.39 is 0 Å². The molecule has 8 heteroatoms. The van der Waals surface area contributed by atoms with Crippen LogP contribution in [-0.4, -0.2) is 53.8 Å². The van der Waals surface area contributed by atoms with Gasteiger partial charge in [0.1, 0.15) is 19.8 Å². The molecule has 1 aliphatic heterocycles. The van der Waals surface area contributed by atoms with Crippen LogP contribution in [-0.2, 0) is 9.59 Å². The highest BCUT2D eigenvalue weighted by molar-refractivity contribution is 6.42. The predicted octanol–water partition coefficient (Wildman–Crippen LogP) is 3.99. The van der Waals surface area contributed by atoms with Gasteiger partial charge in [-0.1, -0.05) is 42.3 Å². The van der Waals surface area contributed by atoms with Crippen LogP contribution >= 0.6 is 23.2 Å². The molecule has 0 aliphatic carbocycles. The van der Waals surface area contributed by atoms with E-state index in [1.807, 2.05) is 38.1 Å². The van der Waals surface area contributed by atoms with Crippen LogP contribution in [0.1, 0.15) is 29.3 Å². The SMILES string of the molecule is CCCN(CC(=O)N1CC(=O)N(c2cccc(C)c2)C1)C(=O)c1ccc(Cl)c(Cl)c1. The van der Waals surface area contributed by atoms with E-state index >= 15 is 0 Å².